The van der Waals surface area contributed by atoms with Gasteiger partial charge in [0.05, 0.1) is 37.6 Å². The van der Waals surface area contributed by atoms with Gasteiger partial charge in [0, 0.05) is 53.6 Å². The number of nitriles is 1. The molecule has 2 fully saturated rings. The Morgan fingerprint density at radius 2 is 1.84 bits per heavy atom. The summed E-state index contributed by atoms with van der Waals surface area (Å²) in [6.07, 6.45) is 1.05. The van der Waals surface area contributed by atoms with Crippen LogP contribution < -0.4 is 29.0 Å². The molecule has 3 aromatic rings. The van der Waals surface area contributed by atoms with Crippen LogP contribution in [0.4, 0.5) is 0 Å². The number of thioether (sulfide) groups is 1. The summed E-state index contributed by atoms with van der Waals surface area (Å²) in [7, 11) is 4.99. The lowest BCUT2D eigenvalue weighted by Crippen LogP contribution is -2.69. The van der Waals surface area contributed by atoms with Crippen molar-refractivity contribution in [2.75, 3.05) is 47.0 Å². The number of methoxy groups -OCH3 is 2. The van der Waals surface area contributed by atoms with Crippen LogP contribution in [-0.2, 0) is 32.7 Å². The third kappa shape index (κ3) is 4.90. The third-order valence-corrected chi connectivity index (χ3v) is 13.9. The molecule has 0 amide bonds. The largest absolute Gasteiger partial charge is 0.504 e. The maximum Gasteiger partial charge on any atom is 0.331 e. The Morgan fingerprint density at radius 3 is 2.56 bits per heavy atom. The summed E-state index contributed by atoms with van der Waals surface area (Å²) in [5.74, 6) is 0.973. The number of esters is 2. The summed E-state index contributed by atoms with van der Waals surface area (Å²) in [5, 5.41) is 36.9. The van der Waals surface area contributed by atoms with Gasteiger partial charge in [0.15, 0.2) is 40.0 Å². The minimum absolute atomic E-state index is 0.0239. The van der Waals surface area contributed by atoms with Gasteiger partial charge in [0.1, 0.15) is 18.4 Å². The normalized spacial score (nSPS) is 28.9. The molecule has 288 valence electrons. The molecule has 7 atom stereocenters. The van der Waals surface area contributed by atoms with Crippen LogP contribution in [0.5, 0.6) is 40.2 Å². The predicted molar refractivity (Wildman–Crippen MR) is 198 cm³/mol. The zero-order valence-electron chi connectivity index (χ0n) is 31.3. The van der Waals surface area contributed by atoms with Crippen molar-refractivity contribution in [3.8, 4) is 46.3 Å². The number of aryl methyl sites for hydroxylation is 1. The third-order valence-electron chi connectivity index (χ3n) is 12.4. The van der Waals surface area contributed by atoms with Crippen molar-refractivity contribution in [1.82, 2.24) is 15.1 Å². The van der Waals surface area contributed by atoms with Gasteiger partial charge < -0.3 is 38.6 Å². The van der Waals surface area contributed by atoms with Gasteiger partial charge in [0.2, 0.25) is 6.79 Å². The average molecular weight is 771 g/mol. The maximum absolute atomic E-state index is 14.7. The van der Waals surface area contributed by atoms with Crippen LogP contribution in [0.15, 0.2) is 18.2 Å². The van der Waals surface area contributed by atoms with Crippen molar-refractivity contribution in [3.63, 3.8) is 0 Å². The highest BCUT2D eigenvalue weighted by molar-refractivity contribution is 7.99. The fourth-order valence-electron chi connectivity index (χ4n) is 10.2. The van der Waals surface area contributed by atoms with Crippen molar-refractivity contribution in [2.45, 2.75) is 74.6 Å². The van der Waals surface area contributed by atoms with Crippen molar-refractivity contribution in [1.29, 1.82) is 5.26 Å². The highest BCUT2D eigenvalue weighted by Crippen LogP contribution is 2.64. The number of hydrogen-bond acceptors (Lipinski definition) is 15. The predicted octanol–water partition coefficient (Wildman–Crippen LogP) is 3.99. The molecular formula is C40H42N4O10S. The molecule has 1 unspecified atom stereocenters. The number of phenolic OH excluding ortho intramolecular Hbond substituents is 2. The Labute approximate surface area is 322 Å². The average Bonchev–Trinajstić information content (AvgIpc) is 3.65. The lowest BCUT2D eigenvalue weighted by atomic mass is 9.71. The smallest absolute Gasteiger partial charge is 0.331 e. The molecule has 7 aliphatic rings. The zero-order valence-corrected chi connectivity index (χ0v) is 32.2. The number of fused-ring (bicyclic) bond motifs is 9. The van der Waals surface area contributed by atoms with Crippen LogP contribution in [-0.4, -0.2) is 97.0 Å². The molecule has 7 heterocycles. The quantitative estimate of drug-likeness (QED) is 0.258. The molecule has 3 N–H and O–H groups in total. The van der Waals surface area contributed by atoms with Crippen LogP contribution in [0.2, 0.25) is 0 Å². The van der Waals surface area contributed by atoms with Gasteiger partial charge in [-0.25, -0.2) is 4.79 Å². The number of nitrogens with zero attached hydrogens (tertiary/aromatic N) is 3. The Bertz CT molecular complexity index is 2220. The topological polar surface area (TPSA) is 172 Å². The number of ether oxygens (including phenoxy) is 6. The molecule has 7 aliphatic heterocycles. The van der Waals surface area contributed by atoms with Gasteiger partial charge in [-0.05, 0) is 68.1 Å². The van der Waals surface area contributed by atoms with E-state index in [2.05, 4.69) is 21.2 Å². The maximum atomic E-state index is 14.7. The zero-order chi connectivity index (χ0) is 38.7. The number of piperazine rings is 1. The minimum Gasteiger partial charge on any atom is -0.504 e. The minimum atomic E-state index is -1.36. The number of nitrogens with one attached hydrogen (secondary N) is 1. The highest BCUT2D eigenvalue weighted by Gasteiger charge is 2.62. The molecule has 0 saturated carbocycles. The monoisotopic (exact) mass is 770 g/mol. The molecule has 10 rings (SSSR count). The van der Waals surface area contributed by atoms with E-state index in [0.717, 1.165) is 16.7 Å². The van der Waals surface area contributed by atoms with Gasteiger partial charge >= 0.3 is 11.9 Å². The van der Waals surface area contributed by atoms with Crippen LogP contribution in [0, 0.1) is 25.2 Å². The molecule has 4 bridgehead atoms. The van der Waals surface area contributed by atoms with E-state index in [9.17, 15) is 25.1 Å². The van der Waals surface area contributed by atoms with Crippen LogP contribution in [0.25, 0.3) is 0 Å². The molecule has 15 heteroatoms. The summed E-state index contributed by atoms with van der Waals surface area (Å²) in [4.78, 5) is 32.0. The summed E-state index contributed by atoms with van der Waals surface area (Å²) < 4.78 is 36.1. The number of likely N-dealkylation sites (N-methyl/N-ethyl adjacent to an activating group) is 1. The summed E-state index contributed by atoms with van der Waals surface area (Å²) in [6, 6.07) is 5.28. The number of carbonyl (C=O) groups is 2. The van der Waals surface area contributed by atoms with E-state index in [4.69, 9.17) is 28.4 Å². The molecule has 3 aromatic carbocycles. The van der Waals surface area contributed by atoms with Gasteiger partial charge in [0.25, 0.3) is 0 Å². The van der Waals surface area contributed by atoms with E-state index in [1.165, 1.54) is 32.9 Å². The molecule has 0 radical (unpaired) electrons. The Kier molecular flexibility index (Phi) is 8.36. The number of rotatable bonds is 3. The lowest BCUT2D eigenvalue weighted by molar-refractivity contribution is -0.157. The second-order valence-corrected chi connectivity index (χ2v) is 16.2. The molecule has 55 heavy (non-hydrogen) atoms. The molecule has 2 saturated heterocycles. The van der Waals surface area contributed by atoms with E-state index in [0.29, 0.717) is 70.2 Å². The Balaban J connectivity index is 1.33. The number of phenols is 2. The second kappa shape index (κ2) is 12.8. The van der Waals surface area contributed by atoms with Crippen molar-refractivity contribution >= 4 is 23.7 Å². The van der Waals surface area contributed by atoms with Gasteiger partial charge in [-0.1, -0.05) is 6.07 Å². The van der Waals surface area contributed by atoms with E-state index in [-0.39, 0.29) is 42.4 Å². The fourth-order valence-corrected chi connectivity index (χ4v) is 11.9. The number of benzene rings is 3. The van der Waals surface area contributed by atoms with Crippen molar-refractivity contribution < 1.29 is 48.2 Å². The Morgan fingerprint density at radius 1 is 1.05 bits per heavy atom. The second-order valence-electron chi connectivity index (χ2n) is 15.1. The van der Waals surface area contributed by atoms with E-state index >= 15 is 0 Å². The van der Waals surface area contributed by atoms with Gasteiger partial charge in [-0.3, -0.25) is 19.9 Å². The van der Waals surface area contributed by atoms with E-state index in [1.807, 2.05) is 27.0 Å². The molecule has 0 aliphatic carbocycles. The fraction of sp³-hybridized carbons (Fsp3) is 0.475. The van der Waals surface area contributed by atoms with Crippen LogP contribution in [0.3, 0.4) is 0 Å². The molecular weight excluding hydrogens is 729 g/mol. The molecule has 14 nitrogen and oxygen atoms in total. The van der Waals surface area contributed by atoms with Crippen molar-refractivity contribution in [3.05, 3.63) is 62.7 Å². The van der Waals surface area contributed by atoms with E-state index < -0.39 is 46.9 Å². The van der Waals surface area contributed by atoms with Gasteiger partial charge in [-0.15, -0.1) is 11.8 Å². The van der Waals surface area contributed by atoms with Crippen LogP contribution in [0.1, 0.15) is 68.8 Å². The first-order valence-corrected chi connectivity index (χ1v) is 19.4. The summed E-state index contributed by atoms with van der Waals surface area (Å²) in [5.41, 5.74) is 4.41. The SMILES string of the molecule is COc1cc2c(cc1O)CCN[C@]21CS[C@@H]2c3c(OC(C)=O)c(C)c4c(c3[C@H](COC1=O)N1C2[C@H]2c3c(cc(C)c(OC)c3O)C[C@@H]([C@@H]1C#N)N2C)OCO4. The Hall–Kier alpha value is -4.88. The first-order valence-electron chi connectivity index (χ1n) is 18.3. The first kappa shape index (κ1) is 35.8. The lowest BCUT2D eigenvalue weighted by Gasteiger charge is -2.62. The van der Waals surface area contributed by atoms with E-state index in [1.54, 1.807) is 12.1 Å². The molecule has 0 aromatic heterocycles. The number of carbonyl (C=O) groups excluding carboxylic acids is 2. The van der Waals surface area contributed by atoms with Crippen molar-refractivity contribution in [2.24, 2.45) is 0 Å². The van der Waals surface area contributed by atoms with Crippen LogP contribution >= 0.6 is 11.8 Å². The van der Waals surface area contributed by atoms with Gasteiger partial charge in [-0.2, -0.15) is 5.26 Å². The standard InChI is InChI=1S/C40H42N4O10S/c1-17-9-21-10-23-24(13-41)44-25-14-51-39(48)40(22-12-27(49-5)26(46)11-20(22)7-8-42-40)15-55-38(32(44)31(43(23)4)28(21)33(47)34(17)50-6)30-29(25)37-36(52-16-53-37)18(2)35(30)54-19(3)45/h9,11-12,23-25,31-32,38,42,46-47H,7-8,10,14-16H2,1-6H3/t23-,24-,25-,31+,32?,38+,40+/m0/s1. The number of hydrogen-bond donors (Lipinski definition) is 3. The number of aromatic hydroxyl groups is 2. The summed E-state index contributed by atoms with van der Waals surface area (Å²) >= 11 is 1.48. The molecule has 1 spiro atoms. The highest BCUT2D eigenvalue weighted by atomic mass is 32.2. The summed E-state index contributed by atoms with van der Waals surface area (Å²) in [6.45, 7) is 5.28. The first-order chi connectivity index (χ1) is 26.4.